The highest BCUT2D eigenvalue weighted by Gasteiger charge is 2.26. The maximum Gasteiger partial charge on any atom is 0.306 e. The zero-order chi connectivity index (χ0) is 98.6. The number of Topliss-reactive ketones (excluding diaryl/α,β-unsaturated/α-hetero) is 4. The molecule has 2 N–H and O–H groups in total. The number of aliphatic hydroxyl groups excluding tert-OH is 2. The van der Waals surface area contributed by atoms with Crippen molar-refractivity contribution in [2.24, 2.45) is 49.9 Å². The zero-order valence-corrected chi connectivity index (χ0v) is 81.5. The van der Waals surface area contributed by atoms with Gasteiger partial charge in [-0.05, 0) is 175 Å². The lowest BCUT2D eigenvalue weighted by molar-refractivity contribution is -0.154. The second-order valence-corrected chi connectivity index (χ2v) is 32.3. The van der Waals surface area contributed by atoms with Gasteiger partial charge in [-0.2, -0.15) is 0 Å². The molecule has 0 spiro atoms. The lowest BCUT2D eigenvalue weighted by Gasteiger charge is -2.30. The number of aliphatic imine (C=N–C) groups is 10. The van der Waals surface area contributed by atoms with Gasteiger partial charge in [-0.1, -0.05) is 28.7 Å². The van der Waals surface area contributed by atoms with Gasteiger partial charge in [-0.15, -0.1) is 0 Å². The smallest absolute Gasteiger partial charge is 0.306 e. The summed E-state index contributed by atoms with van der Waals surface area (Å²) in [5.74, 6) is -5.13. The van der Waals surface area contributed by atoms with E-state index in [1.807, 2.05) is 30.6 Å². The Kier molecular flexibility index (Phi) is 75.1. The topological polar surface area (TPSA) is 502 Å². The number of ether oxygens (including phenoxy) is 10. The summed E-state index contributed by atoms with van der Waals surface area (Å²) in [6.45, 7) is 31.7. The van der Waals surface area contributed by atoms with E-state index in [0.29, 0.717) is 98.7 Å². The third-order valence-electron chi connectivity index (χ3n) is 19.2. The van der Waals surface area contributed by atoms with Gasteiger partial charge >= 0.3 is 59.7 Å². The Morgan fingerprint density at radius 3 is 0.530 bits per heavy atom. The van der Waals surface area contributed by atoms with Crippen LogP contribution in [0, 0.1) is 0 Å². The number of hydrogen-bond acceptors (Lipinski definition) is 38. The Bertz CT molecular complexity index is 3820. The molecule has 8 unspecified atom stereocenters. The van der Waals surface area contributed by atoms with Gasteiger partial charge in [-0.3, -0.25) is 127 Å². The standard InChI is InChI=1S/C58H98N8O14.C34H54N4O12.2CH4/c1-17-51(67)30-62-42(5)21-27-56(72)78-48(11)37-66(35-47(10)77-55(71)26-20-41(4)61-16)38-50(13)80-58(74)29-23-44(7)64-32-52(68)31-63-43(6)22-28-57(73)79-49(12)36-65(33-45(8)75-53(69)24-18-39(2)59-14)34-46(9)76-54(70)25-19-40(3)60-15;1-7-27(39)16-36-24(3)9-13-32(44)48-21-30(42)22-50-34(46)15-11-26(5)38-18-28(40)17-37-25(4)10-14-33(45)49-20-29(41)19-47-31(43)12-8-23(2)35-6;;/h45-50H,17-38H2,1-16H3;29-30,41-42H,7-22H2,1-6H3;2*1H4. The maximum absolute atomic E-state index is 13.0. The molecule has 38 heteroatoms. The second kappa shape index (κ2) is 77.4. The quantitative estimate of drug-likeness (QED) is 0.0324. The number of esters is 10. The number of rotatable bonds is 70. The first kappa shape index (κ1) is 128. The molecule has 0 aliphatic heterocycles. The summed E-state index contributed by atoms with van der Waals surface area (Å²) in [5.41, 5.74) is 6.91. The molecule has 0 radical (unpaired) electrons. The van der Waals surface area contributed by atoms with Crippen LogP contribution in [0.1, 0.15) is 281 Å². The zero-order valence-electron chi connectivity index (χ0n) is 81.5. The predicted octanol–water partition coefficient (Wildman–Crippen LogP) is 10.4. The summed E-state index contributed by atoms with van der Waals surface area (Å²) in [4.78, 5) is 217. The number of carbonyl (C=O) groups excluding carboxylic acids is 14. The lowest BCUT2D eigenvalue weighted by Crippen LogP contribution is -2.43. The third kappa shape index (κ3) is 75.5. The minimum Gasteiger partial charge on any atom is -0.463 e. The van der Waals surface area contributed by atoms with Crippen LogP contribution in [0.15, 0.2) is 49.9 Å². The van der Waals surface area contributed by atoms with Crippen molar-refractivity contribution in [2.45, 2.75) is 330 Å². The SMILES string of the molecule is C.C.CCC(=O)CN=C(C)CCC(=O)OC(C)CN(CC(C)OC(=O)CCC(C)=NC)CC(C)OC(=O)CCC(C)=NCC(=O)CN=C(C)CCC(=O)OC(C)CN(CC(C)OC(=O)CCC(C)=NC)CC(C)OC(=O)CCC(C)=NC.CCC(=O)CN=C(C)CCC(=O)OCC(O)COC(=O)CCC(C)=NCC(=O)CN=C(C)CCC(=O)OCC(O)COC(=O)CCC(C)=NC. The van der Waals surface area contributed by atoms with Gasteiger partial charge in [0.2, 0.25) is 0 Å². The van der Waals surface area contributed by atoms with E-state index < -0.39 is 90.6 Å². The Morgan fingerprint density at radius 2 is 0.379 bits per heavy atom. The first-order valence-corrected chi connectivity index (χ1v) is 44.7. The van der Waals surface area contributed by atoms with E-state index in [2.05, 4.69) is 49.9 Å². The molecule has 0 fully saturated rings. The van der Waals surface area contributed by atoms with Crippen molar-refractivity contribution in [2.75, 3.05) is 133 Å². The Labute approximate surface area is 783 Å². The number of nitrogens with zero attached hydrogens (tertiary/aromatic N) is 12. The van der Waals surface area contributed by atoms with Gasteiger partial charge in [-0.25, -0.2) is 0 Å². The third-order valence-corrected chi connectivity index (χ3v) is 19.2. The summed E-state index contributed by atoms with van der Waals surface area (Å²) in [6.07, 6.45) is -0.335. The fourth-order valence-corrected chi connectivity index (χ4v) is 11.1. The average Bonchev–Trinajstić information content (AvgIpc) is 0.903. The molecule has 0 heterocycles. The van der Waals surface area contributed by atoms with Crippen LogP contribution >= 0.6 is 0 Å². The highest BCUT2D eigenvalue weighted by Crippen LogP contribution is 2.15. The predicted molar refractivity (Wildman–Crippen MR) is 512 cm³/mol. The number of aliphatic hydroxyl groups is 2. The molecule has 0 saturated heterocycles. The number of ketones is 4. The van der Waals surface area contributed by atoms with Crippen LogP contribution in [0.3, 0.4) is 0 Å². The first-order valence-electron chi connectivity index (χ1n) is 44.7. The molecule has 0 aromatic heterocycles. The Balaban J connectivity index is -0.00000135. The average molecular weight is 1870 g/mol. The van der Waals surface area contributed by atoms with Gasteiger partial charge in [0.25, 0.3) is 0 Å². The van der Waals surface area contributed by atoms with Crippen LogP contribution in [-0.2, 0) is 114 Å². The molecule has 0 rings (SSSR count). The highest BCUT2D eigenvalue weighted by molar-refractivity contribution is 5.95. The second-order valence-electron chi connectivity index (χ2n) is 32.3. The molecule has 38 nitrogen and oxygen atoms in total. The summed E-state index contributed by atoms with van der Waals surface area (Å²) in [5, 5.41) is 19.8. The van der Waals surface area contributed by atoms with Crippen LogP contribution < -0.4 is 0 Å². The molecule has 8 atom stereocenters. The summed E-state index contributed by atoms with van der Waals surface area (Å²) >= 11 is 0. The highest BCUT2D eigenvalue weighted by atomic mass is 16.6. The molecule has 0 bridgehead atoms. The van der Waals surface area contributed by atoms with E-state index in [1.54, 1.807) is 132 Å². The van der Waals surface area contributed by atoms with Crippen LogP contribution in [-0.4, -0.2) is 342 Å². The Morgan fingerprint density at radius 1 is 0.235 bits per heavy atom. The van der Waals surface area contributed by atoms with E-state index >= 15 is 0 Å². The minimum absolute atomic E-state index is 0. The Hall–Kier alpha value is -10.1. The van der Waals surface area contributed by atoms with Gasteiger partial charge in [0.1, 0.15) is 75.3 Å². The van der Waals surface area contributed by atoms with E-state index in [0.717, 1.165) is 22.8 Å². The maximum atomic E-state index is 13.0. The van der Waals surface area contributed by atoms with Crippen molar-refractivity contribution in [1.82, 2.24) is 9.80 Å². The molecule has 0 aliphatic carbocycles. The van der Waals surface area contributed by atoms with Crippen molar-refractivity contribution in [3.05, 3.63) is 0 Å². The van der Waals surface area contributed by atoms with Crippen molar-refractivity contribution >= 4 is 140 Å². The van der Waals surface area contributed by atoms with Crippen LogP contribution in [0.2, 0.25) is 0 Å². The van der Waals surface area contributed by atoms with E-state index in [9.17, 15) is 77.3 Å². The van der Waals surface area contributed by atoms with Crippen LogP contribution in [0.4, 0.5) is 0 Å². The van der Waals surface area contributed by atoms with E-state index in [4.69, 9.17) is 47.4 Å². The lowest BCUT2D eigenvalue weighted by atomic mass is 10.2. The van der Waals surface area contributed by atoms with Gasteiger partial charge < -0.3 is 57.6 Å². The fraction of sp³-hybridized carbons (Fsp3) is 0.745. The molecule has 0 aromatic rings. The minimum atomic E-state index is -1.20. The monoisotopic (exact) mass is 1870 g/mol. The van der Waals surface area contributed by atoms with Crippen LogP contribution in [0.25, 0.3) is 0 Å². The van der Waals surface area contributed by atoms with Crippen LogP contribution in [0.5, 0.6) is 0 Å². The summed E-state index contributed by atoms with van der Waals surface area (Å²) in [6, 6.07) is 0. The van der Waals surface area contributed by atoms with Gasteiger partial charge in [0.15, 0.2) is 23.1 Å². The molecule has 132 heavy (non-hydrogen) atoms. The first-order chi connectivity index (χ1) is 61.3. The largest absolute Gasteiger partial charge is 0.463 e. The molecular weight excluding hydrogens is 1710 g/mol. The van der Waals surface area contributed by atoms with Gasteiger partial charge in [0.05, 0.1) is 103 Å². The molecule has 0 aliphatic rings. The van der Waals surface area contributed by atoms with E-state index in [-0.39, 0.29) is 238 Å². The number of carbonyl (C=O) groups is 14. The van der Waals surface area contributed by atoms with Crippen molar-refractivity contribution < 1.29 is 125 Å². The molecule has 0 aromatic carbocycles. The molecule has 0 amide bonds. The van der Waals surface area contributed by atoms with Crippen molar-refractivity contribution in [3.8, 4) is 0 Å². The fourth-order valence-electron chi connectivity index (χ4n) is 11.1. The van der Waals surface area contributed by atoms with Gasteiger partial charge in [0, 0.05) is 137 Å². The molecule has 0 saturated carbocycles. The molecule has 752 valence electrons. The van der Waals surface area contributed by atoms with Crippen molar-refractivity contribution in [3.63, 3.8) is 0 Å². The number of hydrogen-bond donors (Lipinski definition) is 2. The summed E-state index contributed by atoms with van der Waals surface area (Å²) in [7, 11) is 6.63. The van der Waals surface area contributed by atoms with Crippen molar-refractivity contribution in [1.29, 1.82) is 0 Å². The summed E-state index contributed by atoms with van der Waals surface area (Å²) < 4.78 is 54.1. The normalized spacial score (nSPS) is 14.3. The molecular formula is C94H160N12O26. The van der Waals surface area contributed by atoms with E-state index in [1.165, 1.54) is 0 Å².